The summed E-state index contributed by atoms with van der Waals surface area (Å²) < 4.78 is 19.8. The number of benzene rings is 2. The number of carbonyl (C=O) groups excluding carboxylic acids is 2. The van der Waals surface area contributed by atoms with Gasteiger partial charge in [-0.25, -0.2) is 9.37 Å². The molecule has 0 bridgehead atoms. The Balaban J connectivity index is 1.52. The average Bonchev–Trinajstić information content (AvgIpc) is 2.82. The SMILES string of the molecule is CC(C)NC(=O)c1cc([C@@H]2CN(C(=O)CCc3ccccc3F)CCO2)nc2ccccc12. The first-order chi connectivity index (χ1) is 15.9. The number of hydrogen-bond donors (Lipinski definition) is 1. The Morgan fingerprint density at radius 2 is 1.94 bits per heavy atom. The zero-order chi connectivity index (χ0) is 23.4. The third-order valence-electron chi connectivity index (χ3n) is 5.72. The summed E-state index contributed by atoms with van der Waals surface area (Å²) in [6, 6.07) is 15.8. The highest BCUT2D eigenvalue weighted by Crippen LogP contribution is 2.26. The molecule has 1 atom stereocenters. The molecule has 33 heavy (non-hydrogen) atoms. The number of rotatable bonds is 6. The van der Waals surface area contributed by atoms with E-state index in [-0.39, 0.29) is 30.1 Å². The first-order valence-electron chi connectivity index (χ1n) is 11.3. The molecular weight excluding hydrogens is 421 g/mol. The summed E-state index contributed by atoms with van der Waals surface area (Å²) in [5.74, 6) is -0.513. The van der Waals surface area contributed by atoms with Crippen molar-refractivity contribution in [3.8, 4) is 0 Å². The molecule has 0 saturated carbocycles. The minimum absolute atomic E-state index is 0.00127. The summed E-state index contributed by atoms with van der Waals surface area (Å²) in [4.78, 5) is 32.1. The molecule has 0 radical (unpaired) electrons. The second kappa shape index (κ2) is 10.1. The van der Waals surface area contributed by atoms with Gasteiger partial charge < -0.3 is 15.0 Å². The van der Waals surface area contributed by atoms with Gasteiger partial charge in [0, 0.05) is 24.4 Å². The Hall–Kier alpha value is -3.32. The van der Waals surface area contributed by atoms with Crippen molar-refractivity contribution in [2.75, 3.05) is 19.7 Å². The highest BCUT2D eigenvalue weighted by atomic mass is 19.1. The summed E-state index contributed by atoms with van der Waals surface area (Å²) in [7, 11) is 0. The Kier molecular flexibility index (Phi) is 6.99. The third kappa shape index (κ3) is 5.37. The van der Waals surface area contributed by atoms with E-state index in [4.69, 9.17) is 9.72 Å². The fourth-order valence-corrected chi connectivity index (χ4v) is 4.04. The lowest BCUT2D eigenvalue weighted by Crippen LogP contribution is -2.42. The van der Waals surface area contributed by atoms with E-state index in [0.717, 1.165) is 5.39 Å². The Morgan fingerprint density at radius 1 is 1.18 bits per heavy atom. The fourth-order valence-electron chi connectivity index (χ4n) is 4.04. The minimum atomic E-state index is -0.439. The number of aromatic nitrogens is 1. The number of aryl methyl sites for hydroxylation is 1. The molecule has 7 heteroatoms. The van der Waals surface area contributed by atoms with E-state index in [0.29, 0.717) is 48.5 Å². The van der Waals surface area contributed by atoms with Crippen molar-refractivity contribution in [3.05, 3.63) is 77.2 Å². The zero-order valence-electron chi connectivity index (χ0n) is 18.9. The molecule has 2 amide bonds. The molecule has 6 nitrogen and oxygen atoms in total. The first-order valence-corrected chi connectivity index (χ1v) is 11.3. The molecule has 3 aromatic rings. The number of nitrogens with zero attached hydrogens (tertiary/aromatic N) is 2. The molecule has 2 heterocycles. The van der Waals surface area contributed by atoms with E-state index in [1.165, 1.54) is 6.07 Å². The minimum Gasteiger partial charge on any atom is -0.368 e. The van der Waals surface area contributed by atoms with Crippen LogP contribution in [-0.2, 0) is 16.0 Å². The first kappa shape index (κ1) is 22.9. The van der Waals surface area contributed by atoms with Crippen molar-refractivity contribution in [1.29, 1.82) is 0 Å². The van der Waals surface area contributed by atoms with Crippen LogP contribution in [0.1, 0.15) is 48.0 Å². The fraction of sp³-hybridized carbons (Fsp3) is 0.346. The van der Waals surface area contributed by atoms with Gasteiger partial charge >= 0.3 is 0 Å². The number of ether oxygens (including phenoxy) is 1. The molecule has 172 valence electrons. The number of morpholine rings is 1. The topological polar surface area (TPSA) is 71.5 Å². The molecule has 1 fully saturated rings. The van der Waals surface area contributed by atoms with Crippen molar-refractivity contribution in [3.63, 3.8) is 0 Å². The van der Waals surface area contributed by atoms with Crippen LogP contribution < -0.4 is 5.32 Å². The van der Waals surface area contributed by atoms with Crippen LogP contribution in [0.4, 0.5) is 4.39 Å². The van der Waals surface area contributed by atoms with Crippen LogP contribution in [-0.4, -0.2) is 47.4 Å². The van der Waals surface area contributed by atoms with Gasteiger partial charge in [0.2, 0.25) is 5.91 Å². The van der Waals surface area contributed by atoms with Crippen LogP contribution in [0.15, 0.2) is 54.6 Å². The highest BCUT2D eigenvalue weighted by Gasteiger charge is 2.27. The summed E-state index contributed by atoms with van der Waals surface area (Å²) in [6.45, 7) is 5.01. The number of halogens is 1. The van der Waals surface area contributed by atoms with Crippen LogP contribution in [0.2, 0.25) is 0 Å². The van der Waals surface area contributed by atoms with Crippen molar-refractivity contribution in [2.24, 2.45) is 0 Å². The van der Waals surface area contributed by atoms with Crippen molar-refractivity contribution < 1.29 is 18.7 Å². The largest absolute Gasteiger partial charge is 0.368 e. The smallest absolute Gasteiger partial charge is 0.252 e. The van der Waals surface area contributed by atoms with E-state index in [2.05, 4.69) is 5.32 Å². The molecule has 1 aliphatic heterocycles. The van der Waals surface area contributed by atoms with Crippen LogP contribution in [0.5, 0.6) is 0 Å². The molecule has 2 aromatic carbocycles. The third-order valence-corrected chi connectivity index (χ3v) is 5.72. The Bertz CT molecular complexity index is 1160. The predicted molar refractivity (Wildman–Crippen MR) is 124 cm³/mol. The molecule has 1 aromatic heterocycles. The summed E-state index contributed by atoms with van der Waals surface area (Å²) in [5, 5.41) is 3.71. The van der Waals surface area contributed by atoms with E-state index >= 15 is 0 Å². The highest BCUT2D eigenvalue weighted by molar-refractivity contribution is 6.06. The number of amides is 2. The maximum Gasteiger partial charge on any atom is 0.252 e. The summed E-state index contributed by atoms with van der Waals surface area (Å²) >= 11 is 0. The molecular formula is C26H28FN3O3. The van der Waals surface area contributed by atoms with E-state index in [1.54, 1.807) is 29.2 Å². The maximum atomic E-state index is 13.9. The van der Waals surface area contributed by atoms with E-state index < -0.39 is 6.10 Å². The molecule has 0 unspecified atom stereocenters. The van der Waals surface area contributed by atoms with Gasteiger partial charge in [-0.2, -0.15) is 0 Å². The van der Waals surface area contributed by atoms with Crippen LogP contribution in [0.3, 0.4) is 0 Å². The second-order valence-electron chi connectivity index (χ2n) is 8.53. The standard InChI is InChI=1S/C26H28FN3O3/c1-17(2)28-26(32)20-15-23(29-22-10-6-4-8-19(20)22)24-16-30(13-14-33-24)25(31)12-11-18-7-3-5-9-21(18)27/h3-10,15,17,24H,11-14,16H2,1-2H3,(H,28,32)/t24-/m0/s1. The molecule has 0 spiro atoms. The van der Waals surface area contributed by atoms with Crippen LogP contribution in [0, 0.1) is 5.82 Å². The zero-order valence-corrected chi connectivity index (χ0v) is 18.9. The van der Waals surface area contributed by atoms with E-state index in [1.807, 2.05) is 38.1 Å². The number of nitrogens with one attached hydrogen (secondary N) is 1. The molecule has 1 saturated heterocycles. The number of hydrogen-bond acceptors (Lipinski definition) is 4. The Labute approximate surface area is 192 Å². The van der Waals surface area contributed by atoms with Crippen LogP contribution in [0.25, 0.3) is 10.9 Å². The number of carbonyl (C=O) groups is 2. The summed E-state index contributed by atoms with van der Waals surface area (Å²) in [6.07, 6.45) is 0.133. The van der Waals surface area contributed by atoms with Crippen molar-refractivity contribution >= 4 is 22.7 Å². The van der Waals surface area contributed by atoms with Crippen LogP contribution >= 0.6 is 0 Å². The number of fused-ring (bicyclic) bond motifs is 1. The average molecular weight is 450 g/mol. The monoisotopic (exact) mass is 449 g/mol. The van der Waals surface area contributed by atoms with E-state index in [9.17, 15) is 14.0 Å². The van der Waals surface area contributed by atoms with Gasteiger partial charge in [0.1, 0.15) is 11.9 Å². The van der Waals surface area contributed by atoms with Gasteiger partial charge in [-0.3, -0.25) is 9.59 Å². The van der Waals surface area contributed by atoms with Crippen molar-refractivity contribution in [2.45, 2.75) is 38.8 Å². The van der Waals surface area contributed by atoms with Gasteiger partial charge in [0.05, 0.1) is 29.9 Å². The predicted octanol–water partition coefficient (Wildman–Crippen LogP) is 4.04. The quantitative estimate of drug-likeness (QED) is 0.617. The van der Waals surface area contributed by atoms with Gasteiger partial charge in [-0.15, -0.1) is 0 Å². The molecule has 0 aliphatic carbocycles. The lowest BCUT2D eigenvalue weighted by Gasteiger charge is -2.33. The van der Waals surface area contributed by atoms with Crippen molar-refractivity contribution in [1.82, 2.24) is 15.2 Å². The molecule has 1 aliphatic rings. The van der Waals surface area contributed by atoms with Gasteiger partial charge in [0.25, 0.3) is 5.91 Å². The normalized spacial score (nSPS) is 16.2. The number of pyridine rings is 1. The number of para-hydroxylation sites is 1. The van der Waals surface area contributed by atoms with Gasteiger partial charge in [-0.1, -0.05) is 36.4 Å². The second-order valence-corrected chi connectivity index (χ2v) is 8.53. The molecule has 1 N–H and O–H groups in total. The van der Waals surface area contributed by atoms with Gasteiger partial charge in [-0.05, 0) is 44.0 Å². The Morgan fingerprint density at radius 3 is 2.73 bits per heavy atom. The molecule has 4 rings (SSSR count). The summed E-state index contributed by atoms with van der Waals surface area (Å²) in [5.41, 5.74) is 2.40. The van der Waals surface area contributed by atoms with Gasteiger partial charge in [0.15, 0.2) is 0 Å². The maximum absolute atomic E-state index is 13.9. The lowest BCUT2D eigenvalue weighted by atomic mass is 10.0. The lowest BCUT2D eigenvalue weighted by molar-refractivity contribution is -0.139.